The lowest BCUT2D eigenvalue weighted by Gasteiger charge is -2.51. The molecule has 37 heavy (non-hydrogen) atoms. The first-order chi connectivity index (χ1) is 17.5. The summed E-state index contributed by atoms with van der Waals surface area (Å²) >= 11 is 6.02. The SMILES string of the molecule is CNC(=O)c1cc(Cl)ncc1NC(=O)C1(c2ccccc2C(C)C)CN(c2cnc(P(C)(C)=O)nc2)C1. The highest BCUT2D eigenvalue weighted by Gasteiger charge is 2.52. The number of hydrogen-bond donors (Lipinski definition) is 2. The van der Waals surface area contributed by atoms with Gasteiger partial charge in [-0.1, -0.05) is 49.7 Å². The van der Waals surface area contributed by atoms with Crippen molar-refractivity contribution in [2.24, 2.45) is 0 Å². The van der Waals surface area contributed by atoms with Crippen LogP contribution in [0.4, 0.5) is 11.4 Å². The van der Waals surface area contributed by atoms with Gasteiger partial charge in [0.2, 0.25) is 5.91 Å². The van der Waals surface area contributed by atoms with Crippen molar-refractivity contribution in [2.75, 3.05) is 43.7 Å². The van der Waals surface area contributed by atoms with Crippen molar-refractivity contribution in [1.82, 2.24) is 20.3 Å². The van der Waals surface area contributed by atoms with Crippen molar-refractivity contribution in [2.45, 2.75) is 25.2 Å². The van der Waals surface area contributed by atoms with Gasteiger partial charge in [-0.2, -0.15) is 0 Å². The Kier molecular flexibility index (Phi) is 7.40. The lowest BCUT2D eigenvalue weighted by molar-refractivity contribution is -0.122. The van der Waals surface area contributed by atoms with Crippen molar-refractivity contribution in [3.63, 3.8) is 0 Å². The average Bonchev–Trinajstić information content (AvgIpc) is 2.84. The second-order valence-electron chi connectivity index (χ2n) is 9.86. The first-order valence-corrected chi connectivity index (χ1v) is 14.8. The predicted molar refractivity (Wildman–Crippen MR) is 147 cm³/mol. The zero-order valence-electron chi connectivity index (χ0n) is 21.4. The lowest BCUT2D eigenvalue weighted by Crippen LogP contribution is -2.65. The third-order valence-electron chi connectivity index (χ3n) is 6.52. The molecule has 4 rings (SSSR count). The monoisotopic (exact) mass is 540 g/mol. The molecule has 9 nitrogen and oxygen atoms in total. The fourth-order valence-electron chi connectivity index (χ4n) is 4.51. The van der Waals surface area contributed by atoms with E-state index in [1.807, 2.05) is 29.2 Å². The second kappa shape index (κ2) is 10.2. The van der Waals surface area contributed by atoms with E-state index in [0.717, 1.165) is 16.8 Å². The molecule has 0 unspecified atom stereocenters. The van der Waals surface area contributed by atoms with Crippen LogP contribution in [0.2, 0.25) is 5.15 Å². The van der Waals surface area contributed by atoms with Crippen LogP contribution in [-0.4, -0.2) is 60.2 Å². The molecular formula is C26H30ClN6O3P. The summed E-state index contributed by atoms with van der Waals surface area (Å²) in [5, 5.41) is 5.67. The topological polar surface area (TPSA) is 117 Å². The Hall–Kier alpha value is -3.29. The van der Waals surface area contributed by atoms with E-state index in [4.69, 9.17) is 11.6 Å². The molecular weight excluding hydrogens is 511 g/mol. The first kappa shape index (κ1) is 26.8. The minimum absolute atomic E-state index is 0.151. The van der Waals surface area contributed by atoms with Crippen LogP contribution in [0, 0.1) is 0 Å². The Bertz CT molecular complexity index is 1380. The summed E-state index contributed by atoms with van der Waals surface area (Å²) < 4.78 is 12.3. The number of pyridine rings is 1. The molecule has 2 N–H and O–H groups in total. The molecule has 0 saturated carbocycles. The number of nitrogens with zero attached hydrogens (tertiary/aromatic N) is 4. The van der Waals surface area contributed by atoms with Crippen molar-refractivity contribution in [3.05, 3.63) is 70.8 Å². The van der Waals surface area contributed by atoms with Gasteiger partial charge < -0.3 is 20.1 Å². The Labute approximate surface area is 221 Å². The molecule has 0 radical (unpaired) electrons. The largest absolute Gasteiger partial charge is 0.366 e. The van der Waals surface area contributed by atoms with Crippen molar-refractivity contribution >= 4 is 47.5 Å². The summed E-state index contributed by atoms with van der Waals surface area (Å²) in [6.45, 7) is 8.18. The van der Waals surface area contributed by atoms with E-state index in [2.05, 4.69) is 39.4 Å². The van der Waals surface area contributed by atoms with Crippen LogP contribution in [0.15, 0.2) is 48.9 Å². The smallest absolute Gasteiger partial charge is 0.253 e. The maximum Gasteiger partial charge on any atom is 0.253 e. The van der Waals surface area contributed by atoms with Gasteiger partial charge in [-0.05, 0) is 36.4 Å². The van der Waals surface area contributed by atoms with E-state index < -0.39 is 12.6 Å². The highest BCUT2D eigenvalue weighted by Crippen LogP contribution is 2.42. The Morgan fingerprint density at radius 2 is 1.73 bits per heavy atom. The Morgan fingerprint density at radius 3 is 2.32 bits per heavy atom. The molecule has 2 amide bonds. The molecule has 1 aromatic carbocycles. The highest BCUT2D eigenvalue weighted by atomic mass is 35.5. The van der Waals surface area contributed by atoms with E-state index in [9.17, 15) is 14.2 Å². The van der Waals surface area contributed by atoms with Gasteiger partial charge in [0.1, 0.15) is 17.7 Å². The number of rotatable bonds is 7. The fourth-order valence-corrected chi connectivity index (χ4v) is 5.34. The van der Waals surface area contributed by atoms with Crippen LogP contribution in [0.1, 0.15) is 41.3 Å². The quantitative estimate of drug-likeness (QED) is 0.347. The number of halogens is 1. The van der Waals surface area contributed by atoms with Crippen LogP contribution in [0.3, 0.4) is 0 Å². The molecule has 11 heteroatoms. The number of nitrogens with one attached hydrogen (secondary N) is 2. The standard InChI is InChI=1S/C26H30ClN6O3P/c1-16(2)18-8-6-7-9-20(18)26(14-33(15-26)17-11-30-25(31-12-17)37(4,5)36)24(35)32-21-13-29-22(27)10-19(21)23(34)28-3/h6-13,16H,14-15H2,1-5H3,(H,28,34)(H,32,35). The third kappa shape index (κ3) is 5.24. The van der Waals surface area contributed by atoms with Gasteiger partial charge in [0.05, 0.1) is 35.5 Å². The zero-order chi connectivity index (χ0) is 27.0. The number of hydrogen-bond acceptors (Lipinski definition) is 7. The predicted octanol–water partition coefficient (Wildman–Crippen LogP) is 3.65. The third-order valence-corrected chi connectivity index (χ3v) is 7.92. The molecule has 2 aromatic heterocycles. The van der Waals surface area contributed by atoms with Crippen LogP contribution < -0.4 is 21.1 Å². The molecule has 3 heterocycles. The summed E-state index contributed by atoms with van der Waals surface area (Å²) in [5.74, 6) is -0.442. The molecule has 0 spiro atoms. The van der Waals surface area contributed by atoms with Crippen LogP contribution in [0.5, 0.6) is 0 Å². The summed E-state index contributed by atoms with van der Waals surface area (Å²) in [5.41, 5.74) is 2.66. The zero-order valence-corrected chi connectivity index (χ0v) is 23.1. The van der Waals surface area contributed by atoms with E-state index >= 15 is 0 Å². The van der Waals surface area contributed by atoms with Gasteiger partial charge in [0.15, 0.2) is 5.57 Å². The summed E-state index contributed by atoms with van der Waals surface area (Å²) in [7, 11) is -1.07. The van der Waals surface area contributed by atoms with Gasteiger partial charge in [0, 0.05) is 20.1 Å². The van der Waals surface area contributed by atoms with E-state index in [1.54, 1.807) is 25.7 Å². The van der Waals surface area contributed by atoms with E-state index in [-0.39, 0.29) is 34.1 Å². The molecule has 0 atom stereocenters. The molecule has 3 aromatic rings. The molecule has 1 fully saturated rings. The summed E-state index contributed by atoms with van der Waals surface area (Å²) in [6.07, 6.45) is 4.68. The average molecular weight is 541 g/mol. The Balaban J connectivity index is 1.71. The second-order valence-corrected chi connectivity index (χ2v) is 13.3. The van der Waals surface area contributed by atoms with Crippen LogP contribution >= 0.6 is 18.7 Å². The first-order valence-electron chi connectivity index (χ1n) is 11.9. The lowest BCUT2D eigenvalue weighted by atomic mass is 9.69. The number of anilines is 2. The number of aromatic nitrogens is 3. The normalized spacial score (nSPS) is 14.7. The minimum Gasteiger partial charge on any atom is -0.366 e. The maximum absolute atomic E-state index is 14.0. The maximum atomic E-state index is 14.0. The molecule has 1 aliphatic heterocycles. The number of benzene rings is 1. The van der Waals surface area contributed by atoms with Gasteiger partial charge in [-0.3, -0.25) is 9.59 Å². The molecule has 0 aliphatic carbocycles. The molecule has 1 aliphatic rings. The minimum atomic E-state index is -2.58. The van der Waals surface area contributed by atoms with Gasteiger partial charge in [-0.15, -0.1) is 0 Å². The number of carbonyl (C=O) groups excluding carboxylic acids is 2. The van der Waals surface area contributed by atoms with Crippen LogP contribution in [-0.2, 0) is 14.8 Å². The van der Waals surface area contributed by atoms with E-state index in [1.165, 1.54) is 19.3 Å². The van der Waals surface area contributed by atoms with E-state index in [0.29, 0.717) is 18.7 Å². The Morgan fingerprint density at radius 1 is 1.08 bits per heavy atom. The summed E-state index contributed by atoms with van der Waals surface area (Å²) in [4.78, 5) is 41.1. The fraction of sp³-hybridized carbons (Fsp3) is 0.346. The van der Waals surface area contributed by atoms with Crippen molar-refractivity contribution in [1.29, 1.82) is 0 Å². The van der Waals surface area contributed by atoms with Gasteiger partial charge >= 0.3 is 0 Å². The molecule has 0 bridgehead atoms. The van der Waals surface area contributed by atoms with Gasteiger partial charge in [0.25, 0.3) is 5.91 Å². The summed E-state index contributed by atoms with van der Waals surface area (Å²) in [6, 6.07) is 9.34. The van der Waals surface area contributed by atoms with Gasteiger partial charge in [-0.25, -0.2) is 15.0 Å². The van der Waals surface area contributed by atoms with Crippen molar-refractivity contribution < 1.29 is 14.2 Å². The number of carbonyl (C=O) groups is 2. The number of amides is 2. The van der Waals surface area contributed by atoms with Crippen molar-refractivity contribution in [3.8, 4) is 0 Å². The molecule has 194 valence electrons. The van der Waals surface area contributed by atoms with Crippen LogP contribution in [0.25, 0.3) is 0 Å². The highest BCUT2D eigenvalue weighted by molar-refractivity contribution is 7.69. The molecule has 1 saturated heterocycles.